The Bertz CT molecular complexity index is 601. The van der Waals surface area contributed by atoms with Crippen LogP contribution in [0.5, 0.6) is 5.75 Å². The molecule has 2 heteroatoms. The Morgan fingerprint density at radius 3 is 2.71 bits per heavy atom. The third kappa shape index (κ3) is 1.36. The van der Waals surface area contributed by atoms with E-state index in [-0.39, 0.29) is 5.60 Å². The molecule has 3 rings (SSSR count). The zero-order valence-electron chi connectivity index (χ0n) is 10.8. The van der Waals surface area contributed by atoms with E-state index in [2.05, 4.69) is 62.6 Å². The zero-order valence-corrected chi connectivity index (χ0v) is 10.8. The van der Waals surface area contributed by atoms with Crippen molar-refractivity contribution < 1.29 is 9.30 Å². The molecule has 0 N–H and O–H groups in total. The summed E-state index contributed by atoms with van der Waals surface area (Å²) in [6, 6.07) is 10.9. The number of rotatable bonds is 0. The summed E-state index contributed by atoms with van der Waals surface area (Å²) in [4.78, 5) is 0. The van der Waals surface area contributed by atoms with Crippen LogP contribution in [0.25, 0.3) is 10.9 Å². The summed E-state index contributed by atoms with van der Waals surface area (Å²) in [6.45, 7) is 8.69. The Hall–Kier alpha value is -1.57. The highest BCUT2D eigenvalue weighted by molar-refractivity contribution is 5.82. The molecule has 0 radical (unpaired) electrons. The average molecular weight is 228 g/mol. The van der Waals surface area contributed by atoms with Gasteiger partial charge in [-0.15, -0.1) is 0 Å². The van der Waals surface area contributed by atoms with Crippen LogP contribution in [0.4, 0.5) is 0 Å². The lowest BCUT2D eigenvalue weighted by atomic mass is 9.96. The molecule has 1 aromatic carbocycles. The molecule has 88 valence electrons. The van der Waals surface area contributed by atoms with E-state index in [4.69, 9.17) is 4.74 Å². The van der Waals surface area contributed by atoms with Gasteiger partial charge in [0.1, 0.15) is 0 Å². The molecule has 0 saturated carbocycles. The fraction of sp³-hybridized carbons (Fsp3) is 0.400. The summed E-state index contributed by atoms with van der Waals surface area (Å²) < 4.78 is 8.53. The maximum Gasteiger partial charge on any atom is 0.255 e. The van der Waals surface area contributed by atoms with Gasteiger partial charge in [-0.3, -0.25) is 0 Å². The van der Waals surface area contributed by atoms with Crippen molar-refractivity contribution in [3.05, 3.63) is 36.0 Å². The Morgan fingerprint density at radius 2 is 1.94 bits per heavy atom. The van der Waals surface area contributed by atoms with Crippen molar-refractivity contribution in [1.29, 1.82) is 0 Å². The molecule has 0 amide bonds. The molecule has 1 atom stereocenters. The third-order valence-electron chi connectivity index (χ3n) is 3.92. The molecule has 1 aliphatic rings. The van der Waals surface area contributed by atoms with E-state index in [1.165, 1.54) is 16.6 Å². The van der Waals surface area contributed by atoms with Crippen molar-refractivity contribution in [2.45, 2.75) is 39.3 Å². The van der Waals surface area contributed by atoms with Gasteiger partial charge >= 0.3 is 0 Å². The minimum absolute atomic E-state index is 0.169. The van der Waals surface area contributed by atoms with E-state index < -0.39 is 0 Å². The van der Waals surface area contributed by atoms with E-state index in [1.54, 1.807) is 0 Å². The second-order valence-corrected chi connectivity index (χ2v) is 5.42. The summed E-state index contributed by atoms with van der Waals surface area (Å²) >= 11 is 0. The second-order valence-electron chi connectivity index (χ2n) is 5.42. The number of pyridine rings is 1. The molecule has 1 unspecified atom stereocenters. The highest BCUT2D eigenvalue weighted by Crippen LogP contribution is 2.35. The first kappa shape index (κ1) is 10.6. The van der Waals surface area contributed by atoms with Crippen molar-refractivity contribution in [2.24, 2.45) is 0 Å². The summed E-state index contributed by atoms with van der Waals surface area (Å²) in [5, 5.41) is 1.25. The number of benzene rings is 1. The van der Waals surface area contributed by atoms with Gasteiger partial charge < -0.3 is 4.74 Å². The second kappa shape index (κ2) is 3.22. The number of hydrogen-bond acceptors (Lipinski definition) is 1. The van der Waals surface area contributed by atoms with Gasteiger partial charge in [-0.2, -0.15) is 4.57 Å². The molecule has 2 aromatic rings. The van der Waals surface area contributed by atoms with Crippen molar-refractivity contribution >= 4 is 10.9 Å². The average Bonchev–Trinajstić information content (AvgIpc) is 2.27. The maximum absolute atomic E-state index is 6.14. The van der Waals surface area contributed by atoms with Gasteiger partial charge in [-0.25, -0.2) is 0 Å². The first-order valence-electron chi connectivity index (χ1n) is 6.13. The highest BCUT2D eigenvalue weighted by atomic mass is 16.5. The van der Waals surface area contributed by atoms with Crippen molar-refractivity contribution in [3.63, 3.8) is 0 Å². The van der Waals surface area contributed by atoms with Crippen LogP contribution in [0.2, 0.25) is 0 Å². The van der Waals surface area contributed by atoms with Gasteiger partial charge in [-0.05, 0) is 32.0 Å². The van der Waals surface area contributed by atoms with Gasteiger partial charge in [0.15, 0.2) is 23.1 Å². The normalized spacial score (nSPS) is 21.3. The molecule has 0 saturated heterocycles. The smallest absolute Gasteiger partial charge is 0.255 e. The van der Waals surface area contributed by atoms with E-state index in [1.807, 2.05) is 0 Å². The Labute approximate surface area is 102 Å². The van der Waals surface area contributed by atoms with Crippen LogP contribution < -0.4 is 9.30 Å². The summed E-state index contributed by atoms with van der Waals surface area (Å²) in [7, 11) is 0. The molecule has 1 aliphatic heterocycles. The largest absolute Gasteiger partial charge is 0.474 e. The first-order valence-corrected chi connectivity index (χ1v) is 6.13. The van der Waals surface area contributed by atoms with Crippen molar-refractivity contribution in [2.75, 3.05) is 0 Å². The van der Waals surface area contributed by atoms with Crippen LogP contribution in [0.15, 0.2) is 30.3 Å². The molecule has 2 nitrogen and oxygen atoms in total. The van der Waals surface area contributed by atoms with Gasteiger partial charge in [-0.1, -0.05) is 6.07 Å². The predicted octanol–water partition coefficient (Wildman–Crippen LogP) is 3.17. The molecule has 0 spiro atoms. The minimum Gasteiger partial charge on any atom is -0.474 e. The van der Waals surface area contributed by atoms with Crippen LogP contribution in [0, 0.1) is 6.92 Å². The number of para-hydroxylation sites is 1. The lowest BCUT2D eigenvalue weighted by molar-refractivity contribution is -0.718. The van der Waals surface area contributed by atoms with Gasteiger partial charge in [0.05, 0.1) is 5.39 Å². The quantitative estimate of drug-likeness (QED) is 0.631. The van der Waals surface area contributed by atoms with E-state index in [9.17, 15) is 0 Å². The lowest BCUT2D eigenvalue weighted by Gasteiger charge is -2.33. The lowest BCUT2D eigenvalue weighted by Crippen LogP contribution is -2.56. The highest BCUT2D eigenvalue weighted by Gasteiger charge is 2.42. The number of nitrogens with zero attached hydrogens (tertiary/aromatic N) is 1. The number of hydrogen-bond donors (Lipinski definition) is 0. The maximum atomic E-state index is 6.14. The molecule has 17 heavy (non-hydrogen) atoms. The topological polar surface area (TPSA) is 13.1 Å². The summed E-state index contributed by atoms with van der Waals surface area (Å²) in [6.07, 6.45) is 0. The standard InChI is InChI=1S/C15H18NO/c1-10-8-9-12-6-5-7-13-14(12)16(10)11(2)15(3,4)17-13/h5-9,11H,1-4H3/q+1. The van der Waals surface area contributed by atoms with E-state index in [0.29, 0.717) is 6.04 Å². The molecule has 0 aliphatic carbocycles. The molecular formula is C15H18NO+. The molecule has 2 heterocycles. The SMILES string of the molecule is Cc1ccc2cccc3c2[n+]1C(C)C(C)(C)O3. The fourth-order valence-electron chi connectivity index (χ4n) is 2.66. The molecule has 0 bridgehead atoms. The van der Waals surface area contributed by atoms with Crippen LogP contribution in [0.3, 0.4) is 0 Å². The van der Waals surface area contributed by atoms with Crippen LogP contribution in [-0.4, -0.2) is 5.60 Å². The monoisotopic (exact) mass is 228 g/mol. The van der Waals surface area contributed by atoms with E-state index in [0.717, 1.165) is 5.75 Å². The molecule has 0 fully saturated rings. The Balaban J connectivity index is 2.45. The third-order valence-corrected chi connectivity index (χ3v) is 3.92. The predicted molar refractivity (Wildman–Crippen MR) is 68.3 cm³/mol. The molecule has 1 aromatic heterocycles. The fourth-order valence-corrected chi connectivity index (χ4v) is 2.66. The Kier molecular flexibility index (Phi) is 2.00. The Morgan fingerprint density at radius 1 is 1.18 bits per heavy atom. The zero-order chi connectivity index (χ0) is 12.2. The first-order chi connectivity index (χ1) is 8.00. The van der Waals surface area contributed by atoms with Crippen LogP contribution >= 0.6 is 0 Å². The number of aromatic nitrogens is 1. The number of ether oxygens (including phenoxy) is 1. The van der Waals surface area contributed by atoms with Gasteiger partial charge in [0.25, 0.3) is 5.52 Å². The van der Waals surface area contributed by atoms with Crippen LogP contribution in [-0.2, 0) is 0 Å². The van der Waals surface area contributed by atoms with Gasteiger partial charge in [0, 0.05) is 19.9 Å². The summed E-state index contributed by atoms with van der Waals surface area (Å²) in [5.41, 5.74) is 2.34. The summed E-state index contributed by atoms with van der Waals surface area (Å²) in [5.74, 6) is 0.995. The molecular weight excluding hydrogens is 210 g/mol. The van der Waals surface area contributed by atoms with Crippen molar-refractivity contribution in [3.8, 4) is 5.75 Å². The van der Waals surface area contributed by atoms with E-state index >= 15 is 0 Å². The van der Waals surface area contributed by atoms with Crippen LogP contribution in [0.1, 0.15) is 32.5 Å². The minimum atomic E-state index is -0.169. The number of aryl methyl sites for hydroxylation is 1. The van der Waals surface area contributed by atoms with Gasteiger partial charge in [0.2, 0.25) is 0 Å². The van der Waals surface area contributed by atoms with Crippen molar-refractivity contribution in [1.82, 2.24) is 0 Å².